The van der Waals surface area contributed by atoms with Gasteiger partial charge in [-0.25, -0.2) is 29.3 Å². The predicted octanol–water partition coefficient (Wildman–Crippen LogP) is 9.85. The molecule has 2 aliphatic rings. The maximum Gasteiger partial charge on any atom is 0.490 e. The van der Waals surface area contributed by atoms with Crippen LogP contribution in [0.5, 0.6) is 0 Å². The number of aliphatic carboxylic acids is 1. The molecule has 530 valence electrons. The molecule has 24 nitrogen and oxygen atoms in total. The molecule has 6 aromatic rings. The first-order valence-electron chi connectivity index (χ1n) is 32.4. The lowest BCUT2D eigenvalue weighted by Gasteiger charge is -2.26. The van der Waals surface area contributed by atoms with Crippen LogP contribution in [0.1, 0.15) is 118 Å². The van der Waals surface area contributed by atoms with Gasteiger partial charge in [-0.1, -0.05) is 82.7 Å². The molecule has 2 saturated heterocycles. The second kappa shape index (κ2) is 37.2. The van der Waals surface area contributed by atoms with Crippen molar-refractivity contribution in [2.45, 2.75) is 173 Å². The summed E-state index contributed by atoms with van der Waals surface area (Å²) in [4.78, 5) is 89.2. The van der Waals surface area contributed by atoms with Crippen molar-refractivity contribution < 1.29 is 72.7 Å². The summed E-state index contributed by atoms with van der Waals surface area (Å²) in [5, 5.41) is 45.4. The Bertz CT molecular complexity index is 3470. The Morgan fingerprint density at radius 3 is 1.18 bits per heavy atom. The number of nitrogens with one attached hydrogen (secondary N) is 3. The van der Waals surface area contributed by atoms with Crippen molar-refractivity contribution in [2.75, 3.05) is 57.0 Å². The average Bonchev–Trinajstić information content (AvgIpc) is 1.24. The van der Waals surface area contributed by atoms with E-state index in [0.717, 1.165) is 60.9 Å². The van der Waals surface area contributed by atoms with Crippen LogP contribution in [0.2, 0.25) is 0 Å². The number of carbonyl (C=O) groups is 6. The number of hydrogen-bond acceptors (Lipinski definition) is 20. The quantitative estimate of drug-likeness (QED) is 0.0200. The number of amides is 3. The number of halogens is 1. The fourth-order valence-corrected chi connectivity index (χ4v) is 10.1. The number of hydrogen-bond donors (Lipinski definition) is 7. The molecular formula is C72H97BBrN9O15. The first-order chi connectivity index (χ1) is 45.9. The number of rotatable bonds is 21. The Balaban J connectivity index is 0.000000247. The van der Waals surface area contributed by atoms with Gasteiger partial charge in [-0.3, -0.25) is 14.4 Å². The van der Waals surface area contributed by atoms with Gasteiger partial charge < -0.3 is 74.6 Å². The highest BCUT2D eigenvalue weighted by Crippen LogP contribution is 2.27. The lowest BCUT2D eigenvalue weighted by Crippen LogP contribution is -2.46. The van der Waals surface area contributed by atoms with Crippen molar-refractivity contribution >= 4 is 82.2 Å². The van der Waals surface area contributed by atoms with Crippen LogP contribution in [0, 0.1) is 0 Å². The van der Waals surface area contributed by atoms with E-state index in [1.807, 2.05) is 208 Å². The smallest absolute Gasteiger partial charge is 0.481 e. The molecule has 0 aliphatic carbocycles. The van der Waals surface area contributed by atoms with Crippen LogP contribution >= 0.6 is 15.9 Å². The number of anilines is 3. The van der Waals surface area contributed by atoms with E-state index >= 15 is 0 Å². The maximum absolute atomic E-state index is 12.3. The van der Waals surface area contributed by atoms with Gasteiger partial charge >= 0.3 is 43.3 Å². The van der Waals surface area contributed by atoms with E-state index < -0.39 is 60.3 Å². The number of aliphatic hydroxyl groups excluding tert-OH is 1. The SMILES string of the molecule is CC(C)(C)OC(=O)N[C@@H](Cc1ccc(Br)cc1)[C@@H]1CCC(=O)O1.CN(C)c1ccc(-c2ccc(C[C@H](NC(=O)OC(C)(C)C)[C@@H](O)CCC(=O)O)cc2)cn1.CN(C)c1ccc(-c2ccc(C[C@H](NC(=O)OC(C)(C)C)[C@@H]3CCC(=O)O3)cc2)cn1.CN(C)c1ccc(B(O)O)cn1. The maximum atomic E-state index is 12.3. The van der Waals surface area contributed by atoms with E-state index in [2.05, 4.69) is 46.8 Å². The summed E-state index contributed by atoms with van der Waals surface area (Å²) in [6.45, 7) is 16.1. The zero-order valence-electron chi connectivity index (χ0n) is 58.9. The monoisotopic (exact) mass is 1420 g/mol. The molecular weight excluding hydrogens is 1320 g/mol. The summed E-state index contributed by atoms with van der Waals surface area (Å²) in [5.74, 6) is 1.11. The summed E-state index contributed by atoms with van der Waals surface area (Å²) in [5.41, 5.74) is 5.60. The van der Waals surface area contributed by atoms with Gasteiger partial charge in [-0.05, 0) is 171 Å². The molecule has 5 heterocycles. The molecule has 3 amide bonds. The van der Waals surface area contributed by atoms with E-state index in [0.29, 0.717) is 50.4 Å². The number of pyridine rings is 3. The lowest BCUT2D eigenvalue weighted by molar-refractivity contribution is -0.143. The van der Waals surface area contributed by atoms with Gasteiger partial charge in [0.2, 0.25) is 0 Å². The van der Waals surface area contributed by atoms with E-state index in [4.69, 9.17) is 38.8 Å². The molecule has 6 atom stereocenters. The fourth-order valence-electron chi connectivity index (χ4n) is 9.85. The summed E-state index contributed by atoms with van der Waals surface area (Å²) in [6.07, 6.45) is 4.97. The molecule has 98 heavy (non-hydrogen) atoms. The third kappa shape index (κ3) is 29.1. The van der Waals surface area contributed by atoms with Gasteiger partial charge in [0.05, 0.1) is 24.2 Å². The van der Waals surface area contributed by atoms with Gasteiger partial charge in [0.25, 0.3) is 0 Å². The summed E-state index contributed by atoms with van der Waals surface area (Å²) >= 11 is 3.40. The van der Waals surface area contributed by atoms with Crippen molar-refractivity contribution in [1.29, 1.82) is 0 Å². The first kappa shape index (κ1) is 79.8. The largest absolute Gasteiger partial charge is 0.490 e. The van der Waals surface area contributed by atoms with Gasteiger partial charge in [0.1, 0.15) is 46.5 Å². The molecule has 26 heteroatoms. The Morgan fingerprint density at radius 2 is 0.878 bits per heavy atom. The number of aromatic nitrogens is 3. The topological polar surface area (TPSA) is 314 Å². The Labute approximate surface area is 584 Å². The molecule has 7 N–H and O–H groups in total. The molecule has 8 rings (SSSR count). The minimum Gasteiger partial charge on any atom is -0.481 e. The molecule has 0 saturated carbocycles. The summed E-state index contributed by atoms with van der Waals surface area (Å²) < 4.78 is 27.8. The molecule has 0 unspecified atom stereocenters. The van der Waals surface area contributed by atoms with Crippen LogP contribution in [0.15, 0.2) is 132 Å². The Kier molecular flexibility index (Phi) is 30.3. The zero-order valence-corrected chi connectivity index (χ0v) is 60.5. The highest BCUT2D eigenvalue weighted by atomic mass is 79.9. The Morgan fingerprint density at radius 1 is 0.531 bits per heavy atom. The number of carboxylic acid groups (broad SMARTS) is 1. The van der Waals surface area contributed by atoms with Crippen LogP contribution in [0.4, 0.5) is 31.8 Å². The van der Waals surface area contributed by atoms with E-state index in [1.54, 1.807) is 32.9 Å². The summed E-state index contributed by atoms with van der Waals surface area (Å²) in [6, 6.07) is 33.7. The summed E-state index contributed by atoms with van der Waals surface area (Å²) in [7, 11) is 10.1. The number of carbonyl (C=O) groups excluding carboxylic acids is 5. The minimum atomic E-state index is -1.44. The lowest BCUT2D eigenvalue weighted by atomic mass is 9.82. The average molecular weight is 1420 g/mol. The molecule has 2 fully saturated rings. The first-order valence-corrected chi connectivity index (χ1v) is 33.1. The van der Waals surface area contributed by atoms with E-state index in [1.165, 1.54) is 6.20 Å². The number of ether oxygens (including phenoxy) is 5. The number of aliphatic hydroxyl groups is 1. The van der Waals surface area contributed by atoms with Gasteiger partial charge in [-0.15, -0.1) is 0 Å². The van der Waals surface area contributed by atoms with Gasteiger partial charge in [0.15, 0.2) is 0 Å². The molecule has 3 aromatic carbocycles. The number of nitrogens with zero attached hydrogens (tertiary/aromatic N) is 6. The predicted molar refractivity (Wildman–Crippen MR) is 382 cm³/mol. The van der Waals surface area contributed by atoms with Crippen LogP contribution in [-0.4, -0.2) is 174 Å². The number of benzene rings is 3. The van der Waals surface area contributed by atoms with Crippen LogP contribution in [0.3, 0.4) is 0 Å². The second-order valence-corrected chi connectivity index (χ2v) is 28.3. The highest BCUT2D eigenvalue weighted by Gasteiger charge is 2.35. The number of esters is 2. The van der Waals surface area contributed by atoms with Gasteiger partial charge in [-0.2, -0.15) is 0 Å². The van der Waals surface area contributed by atoms with Crippen molar-refractivity contribution in [1.82, 2.24) is 30.9 Å². The number of cyclic esters (lactones) is 2. The molecule has 0 radical (unpaired) electrons. The van der Waals surface area contributed by atoms with Crippen LogP contribution in [0.25, 0.3) is 22.3 Å². The van der Waals surface area contributed by atoms with Crippen LogP contribution in [-0.2, 0) is 57.3 Å². The molecule has 2 aliphatic heterocycles. The van der Waals surface area contributed by atoms with Crippen molar-refractivity contribution in [3.8, 4) is 22.3 Å². The normalized spacial score (nSPS) is 15.4. The van der Waals surface area contributed by atoms with E-state index in [-0.39, 0.29) is 49.1 Å². The van der Waals surface area contributed by atoms with Crippen molar-refractivity contribution in [3.63, 3.8) is 0 Å². The number of alkyl carbamates (subject to hydrolysis) is 3. The third-order valence-corrected chi connectivity index (χ3v) is 15.3. The van der Waals surface area contributed by atoms with Gasteiger partial charge in [0, 0.05) is 101 Å². The highest BCUT2D eigenvalue weighted by molar-refractivity contribution is 9.10. The molecule has 3 aromatic heterocycles. The zero-order chi connectivity index (χ0) is 72.7. The molecule has 0 bridgehead atoms. The van der Waals surface area contributed by atoms with Crippen molar-refractivity contribution in [3.05, 3.63) is 149 Å². The second-order valence-electron chi connectivity index (χ2n) is 27.3. The molecule has 0 spiro atoms. The number of carboxylic acids is 1. The van der Waals surface area contributed by atoms with Crippen molar-refractivity contribution in [2.24, 2.45) is 0 Å². The minimum absolute atomic E-state index is 0.0256. The van der Waals surface area contributed by atoms with E-state index in [9.17, 15) is 33.9 Å². The Hall–Kier alpha value is -8.85. The standard InChI is InChI=1S/C24H33N3O5.C24H31N3O4.C17H22BrNO4.C7H11BN2O2/c1-24(2,3)32-23(31)26-19(20(28)11-13-22(29)30)14-16-6-8-17(9-7-16)18-10-12-21(25-15-18)27(4)5;1-24(2,3)31-23(29)26-19(20-11-13-22(28)30-20)14-16-6-8-17(9-7-16)18-10-12-21(25-15-18)27(4)5;1-17(2,3)23-16(21)19-13(14-8-9-15(20)22-14)10-11-4-6-12(18)7-5-11;1-10(2)7-4-3-6(5-9-7)8(11)12/h6-10,12,15,19-20,28H,11,13-14H2,1-5H3,(H,26,31)(H,29,30);6-10,12,15,19-20H,11,13-14H2,1-5H3,(H,26,29);4-7,13-14H,8-10H2,1-3H3,(H,19,21);3-5,11-12H,1-2H3/t2*19-,20-;13-,14-;/m000./s1. The third-order valence-electron chi connectivity index (χ3n) is 14.7. The fraction of sp³-hybridized carbons (Fsp3) is 0.458. The van der Waals surface area contributed by atoms with Crippen LogP contribution < -0.4 is 36.1 Å².